The van der Waals surface area contributed by atoms with Crippen LogP contribution in [0.25, 0.3) is 0 Å². The van der Waals surface area contributed by atoms with E-state index in [1.165, 1.54) is 18.4 Å². The van der Waals surface area contributed by atoms with Gasteiger partial charge in [0.15, 0.2) is 6.10 Å². The van der Waals surface area contributed by atoms with Gasteiger partial charge in [-0.25, -0.2) is 4.79 Å². The number of carbonyl (C=O) groups is 1. The van der Waals surface area contributed by atoms with Gasteiger partial charge in [-0.3, -0.25) is 0 Å². The van der Waals surface area contributed by atoms with Crippen LogP contribution in [0, 0.1) is 0 Å². The Kier molecular flexibility index (Phi) is 7.78. The largest absolute Gasteiger partial charge is 0.479 e. The number of esters is 1. The zero-order valence-corrected chi connectivity index (χ0v) is 12.9. The Hall–Kier alpha value is -1.51. The second-order valence-electron chi connectivity index (χ2n) is 5.03. The average Bonchev–Trinajstić information content (AvgIpc) is 2.46. The van der Waals surface area contributed by atoms with E-state index in [4.69, 9.17) is 9.47 Å². The van der Waals surface area contributed by atoms with Gasteiger partial charge in [0.25, 0.3) is 0 Å². The smallest absolute Gasteiger partial charge is 0.347 e. The number of unbranched alkanes of at least 4 members (excludes halogenated alkanes) is 2. The number of hydrogen-bond donors (Lipinski definition) is 0. The van der Waals surface area contributed by atoms with Crippen molar-refractivity contribution in [1.82, 2.24) is 0 Å². The first-order valence-corrected chi connectivity index (χ1v) is 7.59. The maximum atomic E-state index is 11.7. The van der Waals surface area contributed by atoms with E-state index in [1.54, 1.807) is 6.92 Å². The predicted molar refractivity (Wildman–Crippen MR) is 81.0 cm³/mol. The lowest BCUT2D eigenvalue weighted by molar-refractivity contribution is -0.151. The Balaban J connectivity index is 2.40. The maximum Gasteiger partial charge on any atom is 0.347 e. The van der Waals surface area contributed by atoms with Gasteiger partial charge in [-0.1, -0.05) is 38.8 Å². The van der Waals surface area contributed by atoms with Crippen LogP contribution in [0.4, 0.5) is 0 Å². The van der Waals surface area contributed by atoms with Crippen LogP contribution in [0.5, 0.6) is 5.75 Å². The van der Waals surface area contributed by atoms with E-state index in [0.717, 1.165) is 19.3 Å². The molecule has 0 aromatic heterocycles. The molecular formula is C17H26O3. The van der Waals surface area contributed by atoms with Gasteiger partial charge >= 0.3 is 5.97 Å². The number of ether oxygens (including phenoxy) is 2. The van der Waals surface area contributed by atoms with Gasteiger partial charge in [0.2, 0.25) is 0 Å². The van der Waals surface area contributed by atoms with E-state index in [1.807, 2.05) is 12.1 Å². The molecule has 1 aromatic carbocycles. The third-order valence-electron chi connectivity index (χ3n) is 3.13. The topological polar surface area (TPSA) is 35.5 Å². The predicted octanol–water partition coefficient (Wildman–Crippen LogP) is 4.14. The Labute approximate surface area is 122 Å². The summed E-state index contributed by atoms with van der Waals surface area (Å²) >= 11 is 0. The summed E-state index contributed by atoms with van der Waals surface area (Å²) in [6, 6.07) is 7.95. The number of rotatable bonds is 9. The van der Waals surface area contributed by atoms with Gasteiger partial charge in [-0.05, 0) is 43.9 Å². The Morgan fingerprint density at radius 2 is 1.75 bits per heavy atom. The highest BCUT2D eigenvalue weighted by Gasteiger charge is 2.15. The molecule has 112 valence electrons. The average molecular weight is 278 g/mol. The number of benzene rings is 1. The zero-order valence-electron chi connectivity index (χ0n) is 12.9. The van der Waals surface area contributed by atoms with Gasteiger partial charge in [0, 0.05) is 0 Å². The van der Waals surface area contributed by atoms with Gasteiger partial charge in [-0.2, -0.15) is 0 Å². The first kappa shape index (κ1) is 16.5. The number of carbonyl (C=O) groups excluding carboxylic acids is 1. The maximum absolute atomic E-state index is 11.7. The standard InChI is InChI=1S/C17H26O3/c1-4-6-8-15-9-11-16(12-10-15)20-14(3)17(18)19-13-7-5-2/h9-12,14H,4-8,13H2,1-3H3. The van der Waals surface area contributed by atoms with Crippen LogP contribution in [0.15, 0.2) is 24.3 Å². The van der Waals surface area contributed by atoms with Crippen LogP contribution in [0.2, 0.25) is 0 Å². The molecule has 0 spiro atoms. The minimum Gasteiger partial charge on any atom is -0.479 e. The molecule has 3 nitrogen and oxygen atoms in total. The molecule has 0 aliphatic heterocycles. The molecule has 0 amide bonds. The van der Waals surface area contributed by atoms with Crippen LogP contribution >= 0.6 is 0 Å². The monoisotopic (exact) mass is 278 g/mol. The Morgan fingerprint density at radius 1 is 1.10 bits per heavy atom. The summed E-state index contributed by atoms with van der Waals surface area (Å²) in [7, 11) is 0. The third kappa shape index (κ3) is 6.09. The molecule has 0 heterocycles. The van der Waals surface area contributed by atoms with Crippen molar-refractivity contribution in [2.75, 3.05) is 6.61 Å². The molecule has 20 heavy (non-hydrogen) atoms. The molecule has 0 saturated carbocycles. The molecule has 0 aliphatic carbocycles. The van der Waals surface area contributed by atoms with Crippen LogP contribution in [-0.4, -0.2) is 18.7 Å². The van der Waals surface area contributed by atoms with Crippen molar-refractivity contribution in [3.63, 3.8) is 0 Å². The summed E-state index contributed by atoms with van der Waals surface area (Å²) in [5, 5.41) is 0. The van der Waals surface area contributed by atoms with Crippen molar-refractivity contribution in [3.05, 3.63) is 29.8 Å². The van der Waals surface area contributed by atoms with E-state index in [2.05, 4.69) is 26.0 Å². The van der Waals surface area contributed by atoms with E-state index in [0.29, 0.717) is 12.4 Å². The van der Waals surface area contributed by atoms with Crippen LogP contribution in [0.1, 0.15) is 52.0 Å². The van der Waals surface area contributed by atoms with E-state index >= 15 is 0 Å². The highest BCUT2D eigenvalue weighted by atomic mass is 16.6. The summed E-state index contributed by atoms with van der Waals surface area (Å²) < 4.78 is 10.7. The molecule has 0 radical (unpaired) electrons. The quantitative estimate of drug-likeness (QED) is 0.503. The molecule has 1 aromatic rings. The van der Waals surface area contributed by atoms with Gasteiger partial charge in [0.1, 0.15) is 5.75 Å². The molecule has 3 heteroatoms. The summed E-state index contributed by atoms with van der Waals surface area (Å²) in [5.74, 6) is 0.415. The fraction of sp³-hybridized carbons (Fsp3) is 0.588. The second kappa shape index (κ2) is 9.40. The normalized spacial score (nSPS) is 11.9. The SMILES string of the molecule is CCCCOC(=O)C(C)Oc1ccc(CCCC)cc1. The molecule has 1 rings (SSSR count). The van der Waals surface area contributed by atoms with Crippen molar-refractivity contribution in [2.45, 2.75) is 59.0 Å². The second-order valence-corrected chi connectivity index (χ2v) is 5.03. The van der Waals surface area contributed by atoms with E-state index in [-0.39, 0.29) is 5.97 Å². The molecule has 1 atom stereocenters. The first-order chi connectivity index (χ1) is 9.67. The van der Waals surface area contributed by atoms with Crippen LogP contribution < -0.4 is 4.74 Å². The van der Waals surface area contributed by atoms with Crippen molar-refractivity contribution in [2.24, 2.45) is 0 Å². The van der Waals surface area contributed by atoms with Crippen molar-refractivity contribution < 1.29 is 14.3 Å². The van der Waals surface area contributed by atoms with Crippen molar-refractivity contribution in [1.29, 1.82) is 0 Å². The molecule has 0 bridgehead atoms. The van der Waals surface area contributed by atoms with Crippen LogP contribution in [-0.2, 0) is 16.0 Å². The van der Waals surface area contributed by atoms with E-state index in [9.17, 15) is 4.79 Å². The molecular weight excluding hydrogens is 252 g/mol. The molecule has 0 saturated heterocycles. The van der Waals surface area contributed by atoms with Crippen molar-refractivity contribution in [3.8, 4) is 5.75 Å². The van der Waals surface area contributed by atoms with Crippen LogP contribution in [0.3, 0.4) is 0 Å². The minimum atomic E-state index is -0.562. The van der Waals surface area contributed by atoms with Gasteiger partial charge in [0.05, 0.1) is 6.61 Å². The highest BCUT2D eigenvalue weighted by Crippen LogP contribution is 2.15. The lowest BCUT2D eigenvalue weighted by Crippen LogP contribution is -2.26. The molecule has 1 unspecified atom stereocenters. The summed E-state index contributed by atoms with van der Waals surface area (Å²) in [6.45, 7) is 6.44. The van der Waals surface area contributed by atoms with Gasteiger partial charge < -0.3 is 9.47 Å². The Bertz CT molecular complexity index is 384. The van der Waals surface area contributed by atoms with E-state index < -0.39 is 6.10 Å². The lowest BCUT2D eigenvalue weighted by Gasteiger charge is -2.14. The summed E-state index contributed by atoms with van der Waals surface area (Å²) in [5.41, 5.74) is 1.30. The molecule has 0 N–H and O–H groups in total. The third-order valence-corrected chi connectivity index (χ3v) is 3.13. The Morgan fingerprint density at radius 3 is 2.35 bits per heavy atom. The van der Waals surface area contributed by atoms with Crippen molar-refractivity contribution >= 4 is 5.97 Å². The summed E-state index contributed by atoms with van der Waals surface area (Å²) in [6.07, 6.45) is 4.82. The fourth-order valence-electron chi connectivity index (χ4n) is 1.80. The first-order valence-electron chi connectivity index (χ1n) is 7.59. The number of hydrogen-bond acceptors (Lipinski definition) is 3. The zero-order chi connectivity index (χ0) is 14.8. The highest BCUT2D eigenvalue weighted by molar-refractivity contribution is 5.74. The number of aryl methyl sites for hydroxylation is 1. The minimum absolute atomic E-state index is 0.298. The van der Waals surface area contributed by atoms with Gasteiger partial charge in [-0.15, -0.1) is 0 Å². The molecule has 0 aliphatic rings. The lowest BCUT2D eigenvalue weighted by atomic mass is 10.1. The molecule has 0 fully saturated rings. The fourth-order valence-corrected chi connectivity index (χ4v) is 1.80. The summed E-state index contributed by atoms with van der Waals surface area (Å²) in [4.78, 5) is 11.7.